The minimum Gasteiger partial charge on any atom is -0.478 e. The van der Waals surface area contributed by atoms with Gasteiger partial charge in [0.25, 0.3) is 0 Å². The molecule has 20 rings (SSSR count). The number of hydrogen-bond donors (Lipinski definition) is 7. The van der Waals surface area contributed by atoms with Crippen LogP contribution in [0.5, 0.6) is 0 Å². The highest BCUT2D eigenvalue weighted by Gasteiger charge is 2.26. The van der Waals surface area contributed by atoms with E-state index >= 15 is 0 Å². The van der Waals surface area contributed by atoms with E-state index in [1.807, 2.05) is 30.3 Å². The number of rotatable bonds is 14. The van der Waals surface area contributed by atoms with Gasteiger partial charge in [0.15, 0.2) is 0 Å². The fraction of sp³-hybridized carbons (Fsp3) is 0.107. The van der Waals surface area contributed by atoms with E-state index < -0.39 is 5.97 Å². The standard InChI is InChI=1S/C103H82N14O2/c1-59-55-61(3)90(62(4)56-59)98-86-49-45-82(110-86)95(68-25-27-71(28-26-68)100(118)119)83-46-50-87(111-83)99(91-63(5)57-60(2)58-64(91)6)89-52-48-85(113-89)97(84-47-51-88(98)112-84)70-31-35-73(36-32-70)105-102-114-101(115-103(116-102)117-53-17-10-18-54-117)104-72-33-29-69(30-34-72)96-80-43-41-78(108-80)93(66-21-13-8-14-22-66)76-39-37-74(106-76)92(65-19-11-7-12-20-65)75-38-40-77(107-75)94(67-23-15-9-16-24-67)79-42-44-81(96)109-79/h7-9,11-16,19-52,55-58,106,109-110,113H,10,17-18,53-54H2,1-6H3,(H,118,119)(H2,104,105,114,115,116). The minimum atomic E-state index is -0.990. The highest BCUT2D eigenvalue weighted by atomic mass is 16.4. The van der Waals surface area contributed by atoms with Crippen LogP contribution in [0, 0.1) is 41.5 Å². The summed E-state index contributed by atoms with van der Waals surface area (Å²) in [6.45, 7) is 14.6. The molecule has 0 atom stereocenters. The van der Waals surface area contributed by atoms with Crippen molar-refractivity contribution in [3.8, 4) is 89.0 Å². The molecule has 1 saturated heterocycles. The summed E-state index contributed by atoms with van der Waals surface area (Å²) in [7, 11) is 0. The predicted molar refractivity (Wildman–Crippen MR) is 489 cm³/mol. The Hall–Kier alpha value is -15.2. The zero-order valence-electron chi connectivity index (χ0n) is 66.6. The Morgan fingerprint density at radius 1 is 0.294 bits per heavy atom. The van der Waals surface area contributed by atoms with Crippen LogP contribution in [0.25, 0.3) is 182 Å². The fourth-order valence-electron chi connectivity index (χ4n) is 17.9. The number of benzene rings is 8. The molecule has 16 bridgehead atoms. The Balaban J connectivity index is 0.697. The van der Waals surface area contributed by atoms with Gasteiger partial charge in [-0.3, -0.25) is 0 Å². The molecule has 12 heterocycles. The molecular weight excluding hydrogens is 1470 g/mol. The summed E-state index contributed by atoms with van der Waals surface area (Å²) in [5.74, 6) is 0.395. The van der Waals surface area contributed by atoms with Crippen LogP contribution in [0.3, 0.4) is 0 Å². The van der Waals surface area contributed by atoms with E-state index in [1.165, 1.54) is 11.1 Å². The first-order chi connectivity index (χ1) is 58.2. The Labute approximate surface area is 688 Å². The van der Waals surface area contributed by atoms with Crippen molar-refractivity contribution < 1.29 is 9.90 Å². The number of H-pyrrole nitrogens is 4. The number of carboxylic acid groups (broad SMARTS) is 1. The van der Waals surface area contributed by atoms with Crippen molar-refractivity contribution >= 4 is 128 Å². The van der Waals surface area contributed by atoms with Crippen LogP contribution < -0.4 is 15.5 Å². The average Bonchev–Trinajstić information content (AvgIpc) is 1.62. The quantitative estimate of drug-likeness (QED) is 0.0541. The van der Waals surface area contributed by atoms with Crippen molar-refractivity contribution in [2.45, 2.75) is 60.8 Å². The SMILES string of the molecule is Cc1cc(C)c(-c2c3nc(c(-c4ccc(C(=O)O)cc4)c4ccc([nH]4)c(-c4c(C)cc(C)cc4C)c4nc(c(-c5ccc(Nc6nc(Nc7ccc(-c8c9nc(c(-c%10ccccc%10)c%10ccc([nH]%10)c(-c%10ccccc%10)c%10nc(c(-c%11ccccc%11)c%11ccc8[nH]%11)C=C%10)C=C9)cc7)nc(N7CCCCC7)n6)cc5)c5ccc2[nH]5)C=C4)C=C3)c(C)c1. The van der Waals surface area contributed by atoms with Crippen molar-refractivity contribution in [2.24, 2.45) is 0 Å². The van der Waals surface area contributed by atoms with E-state index in [2.05, 4.69) is 320 Å². The van der Waals surface area contributed by atoms with Crippen LogP contribution >= 0.6 is 0 Å². The number of piperidine rings is 1. The second kappa shape index (κ2) is 30.2. The first-order valence-corrected chi connectivity index (χ1v) is 40.5. The molecule has 0 aliphatic carbocycles. The van der Waals surface area contributed by atoms with Crippen LogP contribution in [-0.4, -0.2) is 79.0 Å². The maximum absolute atomic E-state index is 12.3. The molecule has 5 aliphatic heterocycles. The van der Waals surface area contributed by atoms with Crippen LogP contribution in [0.2, 0.25) is 0 Å². The number of aryl methyl sites for hydroxylation is 6. The summed E-state index contributed by atoms with van der Waals surface area (Å²) in [6, 6.07) is 81.5. The smallest absolute Gasteiger partial charge is 0.335 e. The first-order valence-electron chi connectivity index (χ1n) is 40.5. The van der Waals surface area contributed by atoms with Gasteiger partial charge in [-0.05, 0) is 261 Å². The third-order valence-electron chi connectivity index (χ3n) is 23.1. The molecule has 8 aromatic carbocycles. The van der Waals surface area contributed by atoms with Crippen LogP contribution in [0.4, 0.5) is 29.2 Å². The zero-order chi connectivity index (χ0) is 80.5. The summed E-state index contributed by atoms with van der Waals surface area (Å²) < 4.78 is 0. The molecule has 16 nitrogen and oxygen atoms in total. The number of hydrogen-bond acceptors (Lipinski definition) is 11. The molecule has 16 heteroatoms. The van der Waals surface area contributed by atoms with Crippen LogP contribution in [0.15, 0.2) is 237 Å². The van der Waals surface area contributed by atoms with Gasteiger partial charge in [0.1, 0.15) is 0 Å². The van der Waals surface area contributed by atoms with Crippen LogP contribution in [-0.2, 0) is 0 Å². The zero-order valence-corrected chi connectivity index (χ0v) is 66.6. The van der Waals surface area contributed by atoms with Gasteiger partial charge in [0, 0.05) is 113 Å². The van der Waals surface area contributed by atoms with Crippen molar-refractivity contribution in [3.05, 3.63) is 321 Å². The monoisotopic (exact) mass is 1550 g/mol. The van der Waals surface area contributed by atoms with Gasteiger partial charge < -0.3 is 40.6 Å². The second-order valence-electron chi connectivity index (χ2n) is 31.3. The highest BCUT2D eigenvalue weighted by Crippen LogP contribution is 2.45. The summed E-state index contributed by atoms with van der Waals surface area (Å²) in [4.78, 5) is 67.9. The lowest BCUT2D eigenvalue weighted by Crippen LogP contribution is -2.31. The Kier molecular flexibility index (Phi) is 18.5. The van der Waals surface area contributed by atoms with E-state index in [0.29, 0.717) is 17.8 Å². The fourth-order valence-corrected chi connectivity index (χ4v) is 17.9. The Morgan fingerprint density at radius 3 is 0.840 bits per heavy atom. The highest BCUT2D eigenvalue weighted by molar-refractivity contribution is 6.04. The van der Waals surface area contributed by atoms with E-state index in [9.17, 15) is 9.90 Å². The summed E-state index contributed by atoms with van der Waals surface area (Å²) in [6.07, 6.45) is 20.2. The molecule has 576 valence electrons. The molecule has 0 spiro atoms. The van der Waals surface area contributed by atoms with Gasteiger partial charge >= 0.3 is 5.97 Å². The molecule has 7 N–H and O–H groups in total. The normalized spacial score (nSPS) is 12.9. The molecular formula is C103H82N14O2. The molecule has 0 radical (unpaired) electrons. The molecule has 5 aliphatic rings. The average molecular weight is 1550 g/mol. The van der Waals surface area contributed by atoms with Crippen molar-refractivity contribution in [1.82, 2.24) is 54.8 Å². The number of aromatic nitrogens is 11. The predicted octanol–water partition coefficient (Wildman–Crippen LogP) is 25.2. The lowest BCUT2D eigenvalue weighted by molar-refractivity contribution is 0.0696. The third kappa shape index (κ3) is 13.8. The van der Waals surface area contributed by atoms with Crippen molar-refractivity contribution in [2.75, 3.05) is 28.6 Å². The van der Waals surface area contributed by atoms with Crippen LogP contribution in [0.1, 0.15) is 109 Å². The maximum atomic E-state index is 12.3. The van der Waals surface area contributed by atoms with Crippen molar-refractivity contribution in [1.29, 1.82) is 0 Å². The number of nitrogens with zero attached hydrogens (tertiary/aromatic N) is 8. The maximum Gasteiger partial charge on any atom is 0.335 e. The molecule has 0 unspecified atom stereocenters. The summed E-state index contributed by atoms with van der Waals surface area (Å²) >= 11 is 0. The van der Waals surface area contributed by atoms with E-state index in [-0.39, 0.29) is 5.56 Å². The third-order valence-corrected chi connectivity index (χ3v) is 23.1. The molecule has 119 heavy (non-hydrogen) atoms. The second-order valence-corrected chi connectivity index (χ2v) is 31.3. The number of anilines is 5. The summed E-state index contributed by atoms with van der Waals surface area (Å²) in [5, 5.41) is 17.3. The molecule has 7 aromatic heterocycles. The molecule has 15 aromatic rings. The summed E-state index contributed by atoms with van der Waals surface area (Å²) in [5.41, 5.74) is 37.7. The number of aromatic carboxylic acids is 1. The number of fused-ring (bicyclic) bond motifs is 16. The van der Waals surface area contributed by atoms with Gasteiger partial charge in [-0.1, -0.05) is 163 Å². The van der Waals surface area contributed by atoms with E-state index in [1.54, 1.807) is 12.1 Å². The number of carbonyl (C=O) groups is 1. The lowest BCUT2D eigenvalue weighted by Gasteiger charge is -2.27. The Morgan fingerprint density at radius 2 is 0.555 bits per heavy atom. The van der Waals surface area contributed by atoms with Gasteiger partial charge in [0.05, 0.1) is 51.1 Å². The van der Waals surface area contributed by atoms with E-state index in [0.717, 1.165) is 245 Å². The number of carboxylic acids is 1. The largest absolute Gasteiger partial charge is 0.478 e. The van der Waals surface area contributed by atoms with E-state index in [4.69, 9.17) is 34.9 Å². The van der Waals surface area contributed by atoms with Crippen molar-refractivity contribution in [3.63, 3.8) is 0 Å². The lowest BCUT2D eigenvalue weighted by atomic mass is 9.92. The molecule has 0 amide bonds. The minimum absolute atomic E-state index is 0.202. The number of aromatic amines is 4. The topological polar surface area (TPSA) is 218 Å². The van der Waals surface area contributed by atoms with Gasteiger partial charge in [-0.25, -0.2) is 24.7 Å². The molecule has 0 saturated carbocycles. The Bertz CT molecular complexity index is 7000. The molecule has 1 fully saturated rings. The first kappa shape index (κ1) is 72.8. The van der Waals surface area contributed by atoms with Gasteiger partial charge in [-0.15, -0.1) is 0 Å². The van der Waals surface area contributed by atoms with Gasteiger partial charge in [-0.2, -0.15) is 15.0 Å². The van der Waals surface area contributed by atoms with Gasteiger partial charge in [0.2, 0.25) is 17.8 Å². The number of nitrogens with one attached hydrogen (secondary N) is 6.